The van der Waals surface area contributed by atoms with E-state index in [0.717, 1.165) is 61.4 Å². The standard InChI is InChI=1S/C63H54N2O/c1-61(2,3)39-29-31-45-47-35-49-55(65(43-25-17-11-18-26-43)44-27-19-12-20-28-44)38-52-58-50(36-48-46-32-30-40(62(4,5)6)34-56(46)66-60(48)52)54(37-51(57(49)58)59(47)63(7,8)53(45)33-39)64(41-21-13-9-14-22-41)42-23-15-10-16-24-42/h9-38H,1-8H3. The molecule has 1 aromatic heterocycles. The first kappa shape index (κ1) is 40.2. The fourth-order valence-electron chi connectivity index (χ4n) is 11.1. The lowest BCUT2D eigenvalue weighted by Gasteiger charge is -2.32. The van der Waals surface area contributed by atoms with Crippen molar-refractivity contribution in [2.24, 2.45) is 0 Å². The molecule has 1 heterocycles. The number of anilines is 6. The van der Waals surface area contributed by atoms with E-state index in [-0.39, 0.29) is 16.2 Å². The van der Waals surface area contributed by atoms with Crippen molar-refractivity contribution in [2.45, 2.75) is 71.6 Å². The average molecular weight is 855 g/mol. The molecule has 1 aliphatic carbocycles. The highest BCUT2D eigenvalue weighted by Crippen LogP contribution is 2.59. The Labute approximate surface area is 387 Å². The van der Waals surface area contributed by atoms with Gasteiger partial charge in [0.25, 0.3) is 0 Å². The van der Waals surface area contributed by atoms with Gasteiger partial charge in [-0.1, -0.05) is 159 Å². The van der Waals surface area contributed by atoms with Crippen LogP contribution >= 0.6 is 0 Å². The summed E-state index contributed by atoms with van der Waals surface area (Å²) in [5, 5.41) is 9.47. The summed E-state index contributed by atoms with van der Waals surface area (Å²) in [7, 11) is 0. The van der Waals surface area contributed by atoms with Gasteiger partial charge >= 0.3 is 0 Å². The molecule has 0 N–H and O–H groups in total. The molecular formula is C63H54N2O. The average Bonchev–Trinajstić information content (AvgIpc) is 3.80. The van der Waals surface area contributed by atoms with Gasteiger partial charge in [0, 0.05) is 65.9 Å². The predicted molar refractivity (Wildman–Crippen MR) is 282 cm³/mol. The van der Waals surface area contributed by atoms with Crippen molar-refractivity contribution in [3.8, 4) is 11.1 Å². The summed E-state index contributed by atoms with van der Waals surface area (Å²) in [5.74, 6) is 0. The topological polar surface area (TPSA) is 19.6 Å². The lowest BCUT2D eigenvalue weighted by Crippen LogP contribution is -2.18. The van der Waals surface area contributed by atoms with Gasteiger partial charge in [0.1, 0.15) is 11.2 Å². The van der Waals surface area contributed by atoms with Gasteiger partial charge in [-0.05, 0) is 128 Å². The minimum Gasteiger partial charge on any atom is -0.455 e. The Morgan fingerprint density at radius 2 is 0.848 bits per heavy atom. The number of rotatable bonds is 6. The number of furan rings is 1. The quantitative estimate of drug-likeness (QED) is 0.155. The summed E-state index contributed by atoms with van der Waals surface area (Å²) in [6.07, 6.45) is 0. The van der Waals surface area contributed by atoms with E-state index >= 15 is 0 Å². The molecule has 3 heteroatoms. The maximum absolute atomic E-state index is 7.26. The van der Waals surface area contributed by atoms with Crippen LogP contribution in [0.4, 0.5) is 34.1 Å². The van der Waals surface area contributed by atoms with Crippen LogP contribution in [0.2, 0.25) is 0 Å². The molecule has 3 nitrogen and oxygen atoms in total. The van der Waals surface area contributed by atoms with E-state index in [1.807, 2.05) is 0 Å². The van der Waals surface area contributed by atoms with Crippen molar-refractivity contribution < 1.29 is 4.42 Å². The molecule has 0 amide bonds. The normalized spacial score (nSPS) is 13.6. The first-order valence-electron chi connectivity index (χ1n) is 23.4. The minimum absolute atomic E-state index is 0.00749. The molecule has 10 aromatic carbocycles. The molecular weight excluding hydrogens is 801 g/mol. The summed E-state index contributed by atoms with van der Waals surface area (Å²) in [4.78, 5) is 4.92. The Morgan fingerprint density at radius 1 is 0.394 bits per heavy atom. The summed E-state index contributed by atoms with van der Waals surface area (Å²) >= 11 is 0. The lowest BCUT2D eigenvalue weighted by atomic mass is 9.76. The Morgan fingerprint density at radius 3 is 1.36 bits per heavy atom. The van der Waals surface area contributed by atoms with E-state index in [9.17, 15) is 0 Å². The molecule has 12 rings (SSSR count). The van der Waals surface area contributed by atoms with Gasteiger partial charge < -0.3 is 14.2 Å². The van der Waals surface area contributed by atoms with Crippen LogP contribution in [0.15, 0.2) is 186 Å². The zero-order valence-electron chi connectivity index (χ0n) is 39.1. The third-order valence-corrected chi connectivity index (χ3v) is 14.4. The van der Waals surface area contributed by atoms with Crippen molar-refractivity contribution in [1.82, 2.24) is 0 Å². The highest BCUT2D eigenvalue weighted by atomic mass is 16.3. The summed E-state index contributed by atoms with van der Waals surface area (Å²) < 4.78 is 7.26. The van der Waals surface area contributed by atoms with E-state index < -0.39 is 0 Å². The van der Waals surface area contributed by atoms with Crippen LogP contribution in [0, 0.1) is 0 Å². The molecule has 0 unspecified atom stereocenters. The minimum atomic E-state index is -0.299. The maximum atomic E-state index is 7.26. The number of hydrogen-bond acceptors (Lipinski definition) is 3. The van der Waals surface area contributed by atoms with Crippen molar-refractivity contribution in [3.63, 3.8) is 0 Å². The fourth-order valence-corrected chi connectivity index (χ4v) is 11.1. The Bertz CT molecular complexity index is 3590. The number of para-hydroxylation sites is 4. The van der Waals surface area contributed by atoms with Crippen LogP contribution in [-0.2, 0) is 16.2 Å². The molecule has 0 atom stereocenters. The number of hydrogen-bond donors (Lipinski definition) is 0. The van der Waals surface area contributed by atoms with E-state index in [1.54, 1.807) is 0 Å². The molecule has 0 saturated heterocycles. The second-order valence-corrected chi connectivity index (χ2v) is 21.0. The number of nitrogens with zero attached hydrogens (tertiary/aromatic N) is 2. The first-order chi connectivity index (χ1) is 31.8. The third-order valence-electron chi connectivity index (χ3n) is 14.4. The van der Waals surface area contributed by atoms with Crippen LogP contribution in [0.5, 0.6) is 0 Å². The van der Waals surface area contributed by atoms with Gasteiger partial charge in [0.2, 0.25) is 0 Å². The molecule has 0 aliphatic heterocycles. The predicted octanol–water partition coefficient (Wildman–Crippen LogP) is 18.3. The largest absolute Gasteiger partial charge is 0.455 e. The van der Waals surface area contributed by atoms with Crippen molar-refractivity contribution >= 4 is 88.4 Å². The zero-order valence-corrected chi connectivity index (χ0v) is 39.1. The van der Waals surface area contributed by atoms with Crippen LogP contribution in [-0.4, -0.2) is 0 Å². The van der Waals surface area contributed by atoms with E-state index in [2.05, 4.69) is 247 Å². The van der Waals surface area contributed by atoms with Crippen LogP contribution in [0.25, 0.3) is 65.4 Å². The maximum Gasteiger partial charge on any atom is 0.143 e. The SMILES string of the molecule is CC(C)(C)c1ccc2c(c1)C(C)(C)c1c-2cc2c(N(c3ccccc3)c3ccccc3)cc3c4oc5cc(C(C)(C)C)ccc5c4cc4c(N(c5ccccc5)c5ccccc5)cc1c2c43. The molecule has 322 valence electrons. The van der Waals surface area contributed by atoms with Gasteiger partial charge in [-0.2, -0.15) is 0 Å². The smallest absolute Gasteiger partial charge is 0.143 e. The monoisotopic (exact) mass is 854 g/mol. The second kappa shape index (κ2) is 14.3. The highest BCUT2D eigenvalue weighted by molar-refractivity contribution is 6.36. The first-order valence-corrected chi connectivity index (χ1v) is 23.4. The van der Waals surface area contributed by atoms with Gasteiger partial charge in [-0.25, -0.2) is 0 Å². The molecule has 0 radical (unpaired) electrons. The van der Waals surface area contributed by atoms with E-state index in [0.29, 0.717) is 0 Å². The second-order valence-electron chi connectivity index (χ2n) is 21.0. The lowest BCUT2D eigenvalue weighted by molar-refractivity contribution is 0.585. The molecule has 0 fully saturated rings. The molecule has 0 spiro atoms. The molecule has 1 aliphatic rings. The molecule has 66 heavy (non-hydrogen) atoms. The molecule has 0 bridgehead atoms. The van der Waals surface area contributed by atoms with Crippen molar-refractivity contribution in [3.05, 3.63) is 204 Å². The van der Waals surface area contributed by atoms with Gasteiger partial charge in [0.05, 0.1) is 11.4 Å². The van der Waals surface area contributed by atoms with E-state index in [4.69, 9.17) is 4.42 Å². The number of benzene rings is 10. The van der Waals surface area contributed by atoms with Crippen LogP contribution in [0.1, 0.15) is 77.6 Å². The Kier molecular flexibility index (Phi) is 8.72. The summed E-state index contributed by atoms with van der Waals surface area (Å²) in [6.45, 7) is 18.7. The third kappa shape index (κ3) is 6.02. The van der Waals surface area contributed by atoms with Crippen LogP contribution in [0.3, 0.4) is 0 Å². The van der Waals surface area contributed by atoms with Crippen molar-refractivity contribution in [1.29, 1.82) is 0 Å². The summed E-state index contributed by atoms with van der Waals surface area (Å²) in [5.41, 5.74) is 16.1. The van der Waals surface area contributed by atoms with Gasteiger partial charge in [0.15, 0.2) is 0 Å². The Hall–Kier alpha value is -7.36. The van der Waals surface area contributed by atoms with Crippen molar-refractivity contribution in [2.75, 3.05) is 9.80 Å². The highest BCUT2D eigenvalue weighted by Gasteiger charge is 2.40. The van der Waals surface area contributed by atoms with Gasteiger partial charge in [-0.3, -0.25) is 0 Å². The van der Waals surface area contributed by atoms with E-state index in [1.165, 1.54) is 60.3 Å². The fraction of sp³-hybridized carbons (Fsp3) is 0.175. The summed E-state index contributed by atoms with van der Waals surface area (Å²) in [6, 6.07) is 67.5. The Balaban J connectivity index is 1.32. The number of fused-ring (bicyclic) bond motifs is 8. The van der Waals surface area contributed by atoms with Crippen LogP contribution < -0.4 is 9.80 Å². The van der Waals surface area contributed by atoms with Gasteiger partial charge in [-0.15, -0.1) is 0 Å². The molecule has 0 saturated carbocycles. The zero-order chi connectivity index (χ0) is 45.3. The molecule has 11 aromatic rings.